The van der Waals surface area contributed by atoms with Crippen LogP contribution in [-0.4, -0.2) is 42.0 Å². The van der Waals surface area contributed by atoms with Crippen LogP contribution in [0.1, 0.15) is 6.42 Å². The third-order valence-electron chi connectivity index (χ3n) is 2.51. The van der Waals surface area contributed by atoms with E-state index in [9.17, 15) is 8.42 Å². The van der Waals surface area contributed by atoms with E-state index >= 15 is 0 Å². The molecule has 1 rings (SSSR count). The van der Waals surface area contributed by atoms with Crippen molar-refractivity contribution in [3.63, 3.8) is 0 Å². The molecule has 0 heterocycles. The minimum absolute atomic E-state index is 0.0586. The molecule has 0 bridgehead atoms. The zero-order chi connectivity index (χ0) is 14.3. The van der Waals surface area contributed by atoms with Crippen LogP contribution in [0.3, 0.4) is 0 Å². The predicted octanol–water partition coefficient (Wildman–Crippen LogP) is 1.05. The Balaban J connectivity index is 2.80. The second-order valence-electron chi connectivity index (χ2n) is 3.94. The summed E-state index contributed by atoms with van der Waals surface area (Å²) in [5.74, 6) is 1.09. The van der Waals surface area contributed by atoms with E-state index in [2.05, 4.69) is 10.0 Å². The minimum atomic E-state index is -3.37. The molecule has 0 spiro atoms. The van der Waals surface area contributed by atoms with Crippen molar-refractivity contribution in [3.8, 4) is 11.5 Å². The lowest BCUT2D eigenvalue weighted by Crippen LogP contribution is -2.20. The van der Waals surface area contributed by atoms with Gasteiger partial charge in [0.15, 0.2) is 0 Å². The van der Waals surface area contributed by atoms with Gasteiger partial charge in [0.05, 0.1) is 25.7 Å². The third kappa shape index (κ3) is 4.96. The van der Waals surface area contributed by atoms with Gasteiger partial charge in [0.1, 0.15) is 11.5 Å². The summed E-state index contributed by atoms with van der Waals surface area (Å²) in [5, 5.41) is 2.91. The maximum Gasteiger partial charge on any atom is 0.232 e. The number of hydrogen-bond acceptors (Lipinski definition) is 5. The van der Waals surface area contributed by atoms with Gasteiger partial charge >= 0.3 is 0 Å². The summed E-state index contributed by atoms with van der Waals surface area (Å²) in [6.45, 7) is 0.653. The zero-order valence-corrected chi connectivity index (χ0v) is 12.2. The first-order chi connectivity index (χ1) is 9.02. The summed E-state index contributed by atoms with van der Waals surface area (Å²) in [5.41, 5.74) is 0.410. The van der Waals surface area contributed by atoms with Crippen molar-refractivity contribution >= 4 is 15.7 Å². The van der Waals surface area contributed by atoms with Gasteiger partial charge in [-0.25, -0.2) is 8.42 Å². The highest BCUT2D eigenvalue weighted by Crippen LogP contribution is 2.29. The number of sulfonamides is 1. The molecule has 7 heteroatoms. The Morgan fingerprint density at radius 3 is 2.53 bits per heavy atom. The highest BCUT2D eigenvalue weighted by atomic mass is 32.2. The van der Waals surface area contributed by atoms with E-state index in [0.717, 1.165) is 0 Å². The zero-order valence-electron chi connectivity index (χ0n) is 11.4. The van der Waals surface area contributed by atoms with Crippen LogP contribution >= 0.6 is 0 Å². The van der Waals surface area contributed by atoms with Crippen LogP contribution in [0.4, 0.5) is 5.69 Å². The lowest BCUT2D eigenvalue weighted by atomic mass is 10.3. The first-order valence-corrected chi connectivity index (χ1v) is 7.54. The van der Waals surface area contributed by atoms with Crippen molar-refractivity contribution in [1.82, 2.24) is 5.32 Å². The largest absolute Gasteiger partial charge is 0.497 e. The maximum absolute atomic E-state index is 11.9. The molecule has 0 amide bonds. The number of nitrogens with one attached hydrogen (secondary N) is 2. The number of methoxy groups -OCH3 is 2. The molecule has 0 aliphatic rings. The maximum atomic E-state index is 11.9. The van der Waals surface area contributed by atoms with Crippen molar-refractivity contribution in [2.24, 2.45) is 0 Å². The second-order valence-corrected chi connectivity index (χ2v) is 5.79. The number of anilines is 1. The molecular formula is C12H20N2O4S. The Bertz CT molecular complexity index is 502. The van der Waals surface area contributed by atoms with E-state index in [1.165, 1.54) is 14.2 Å². The van der Waals surface area contributed by atoms with Crippen molar-refractivity contribution < 1.29 is 17.9 Å². The van der Waals surface area contributed by atoms with Gasteiger partial charge in [-0.3, -0.25) is 4.72 Å². The molecule has 1 aromatic rings. The molecule has 0 fully saturated rings. The highest BCUT2D eigenvalue weighted by molar-refractivity contribution is 7.92. The lowest BCUT2D eigenvalue weighted by Gasteiger charge is -2.12. The molecule has 0 saturated heterocycles. The summed E-state index contributed by atoms with van der Waals surface area (Å²) in [7, 11) is 1.43. The fraction of sp³-hybridized carbons (Fsp3) is 0.500. The predicted molar refractivity (Wildman–Crippen MR) is 75.5 cm³/mol. The fourth-order valence-corrected chi connectivity index (χ4v) is 2.67. The third-order valence-corrected chi connectivity index (χ3v) is 3.87. The quantitative estimate of drug-likeness (QED) is 0.699. The Hall–Kier alpha value is -1.47. The van der Waals surface area contributed by atoms with Crippen molar-refractivity contribution in [1.29, 1.82) is 0 Å². The summed E-state index contributed by atoms with van der Waals surface area (Å²) in [6.07, 6.45) is 0.546. The van der Waals surface area contributed by atoms with Gasteiger partial charge in [0.2, 0.25) is 10.0 Å². The average Bonchev–Trinajstić information content (AvgIpc) is 2.39. The van der Waals surface area contributed by atoms with Crippen LogP contribution < -0.4 is 19.5 Å². The van der Waals surface area contributed by atoms with Gasteiger partial charge in [-0.1, -0.05) is 0 Å². The van der Waals surface area contributed by atoms with Crippen molar-refractivity contribution in [2.75, 3.05) is 38.3 Å². The molecule has 0 radical (unpaired) electrons. The number of benzene rings is 1. The lowest BCUT2D eigenvalue weighted by molar-refractivity contribution is 0.395. The minimum Gasteiger partial charge on any atom is -0.497 e. The van der Waals surface area contributed by atoms with Gasteiger partial charge in [-0.2, -0.15) is 0 Å². The number of ether oxygens (including phenoxy) is 2. The molecule has 1 aromatic carbocycles. The second kappa shape index (κ2) is 7.20. The smallest absolute Gasteiger partial charge is 0.232 e. The van der Waals surface area contributed by atoms with Gasteiger partial charge in [-0.05, 0) is 32.1 Å². The number of hydrogen-bond donors (Lipinski definition) is 2. The molecule has 0 unspecified atom stereocenters. The molecule has 0 aliphatic heterocycles. The van der Waals surface area contributed by atoms with Gasteiger partial charge in [-0.15, -0.1) is 0 Å². The Morgan fingerprint density at radius 1 is 1.21 bits per heavy atom. The first-order valence-electron chi connectivity index (χ1n) is 5.89. The fourth-order valence-electron chi connectivity index (χ4n) is 1.54. The molecular weight excluding hydrogens is 268 g/mol. The van der Waals surface area contributed by atoms with E-state index in [4.69, 9.17) is 9.47 Å². The monoisotopic (exact) mass is 288 g/mol. The topological polar surface area (TPSA) is 76.7 Å². The Labute approximate surface area is 114 Å². The highest BCUT2D eigenvalue weighted by Gasteiger charge is 2.13. The first kappa shape index (κ1) is 15.6. The Kier molecular flexibility index (Phi) is 5.91. The van der Waals surface area contributed by atoms with Crippen LogP contribution in [0, 0.1) is 0 Å². The average molecular weight is 288 g/mol. The van der Waals surface area contributed by atoms with Crippen LogP contribution in [0.5, 0.6) is 11.5 Å². The normalized spacial score (nSPS) is 11.1. The van der Waals surface area contributed by atoms with Crippen molar-refractivity contribution in [3.05, 3.63) is 18.2 Å². The van der Waals surface area contributed by atoms with E-state index in [1.54, 1.807) is 25.2 Å². The number of rotatable bonds is 8. The molecule has 19 heavy (non-hydrogen) atoms. The Morgan fingerprint density at radius 2 is 1.95 bits per heavy atom. The van der Waals surface area contributed by atoms with Crippen LogP contribution in [0.2, 0.25) is 0 Å². The SMILES string of the molecule is CNCCCS(=O)(=O)Nc1ccc(OC)cc1OC. The molecule has 6 nitrogen and oxygen atoms in total. The summed E-state index contributed by atoms with van der Waals surface area (Å²) < 4.78 is 36.5. The van der Waals surface area contributed by atoms with Crippen LogP contribution in [0.25, 0.3) is 0 Å². The summed E-state index contributed by atoms with van der Waals surface area (Å²) in [4.78, 5) is 0. The van der Waals surface area contributed by atoms with E-state index in [-0.39, 0.29) is 5.75 Å². The summed E-state index contributed by atoms with van der Waals surface area (Å²) >= 11 is 0. The van der Waals surface area contributed by atoms with Crippen LogP contribution in [-0.2, 0) is 10.0 Å². The molecule has 0 aliphatic carbocycles. The van der Waals surface area contributed by atoms with Gasteiger partial charge < -0.3 is 14.8 Å². The van der Waals surface area contributed by atoms with Crippen LogP contribution in [0.15, 0.2) is 18.2 Å². The molecule has 0 saturated carbocycles. The standard InChI is InChI=1S/C12H20N2O4S/c1-13-7-4-8-19(15,16)14-11-6-5-10(17-2)9-12(11)18-3/h5-6,9,13-14H,4,7-8H2,1-3H3. The molecule has 2 N–H and O–H groups in total. The molecule has 108 valence electrons. The summed E-state index contributed by atoms with van der Waals surface area (Å²) in [6, 6.07) is 4.92. The van der Waals surface area contributed by atoms with Gasteiger partial charge in [0, 0.05) is 6.07 Å². The molecule has 0 atom stereocenters. The van der Waals surface area contributed by atoms with E-state index < -0.39 is 10.0 Å². The van der Waals surface area contributed by atoms with E-state index in [1.807, 2.05) is 0 Å². The van der Waals surface area contributed by atoms with Gasteiger partial charge in [0.25, 0.3) is 0 Å². The van der Waals surface area contributed by atoms with E-state index in [0.29, 0.717) is 30.2 Å². The molecule has 0 aromatic heterocycles. The van der Waals surface area contributed by atoms with Crippen molar-refractivity contribution in [2.45, 2.75) is 6.42 Å².